The first-order valence-corrected chi connectivity index (χ1v) is 6.07. The largest absolute Gasteiger partial charge is 0.479 e. The summed E-state index contributed by atoms with van der Waals surface area (Å²) in [5.41, 5.74) is -2.43. The molecule has 8 heteroatoms. The number of alkyl halides is 3. The molecule has 0 aliphatic rings. The predicted molar refractivity (Wildman–Crippen MR) is 68.8 cm³/mol. The molecule has 1 atom stereocenters. The molecule has 2 amide bonds. The summed E-state index contributed by atoms with van der Waals surface area (Å²) in [4.78, 5) is 22.2. The lowest BCUT2D eigenvalue weighted by Gasteiger charge is -2.28. The summed E-state index contributed by atoms with van der Waals surface area (Å²) < 4.78 is 38.0. The van der Waals surface area contributed by atoms with Crippen molar-refractivity contribution in [3.05, 3.63) is 35.9 Å². The van der Waals surface area contributed by atoms with E-state index in [4.69, 9.17) is 5.11 Å². The van der Waals surface area contributed by atoms with Crippen LogP contribution in [0.1, 0.15) is 12.5 Å². The monoisotopic (exact) mass is 304 g/mol. The summed E-state index contributed by atoms with van der Waals surface area (Å²) in [6.07, 6.45) is -4.68. The van der Waals surface area contributed by atoms with Gasteiger partial charge in [-0.2, -0.15) is 13.2 Å². The number of rotatable bonds is 5. The molecule has 1 unspecified atom stereocenters. The van der Waals surface area contributed by atoms with Gasteiger partial charge in [0.2, 0.25) is 5.54 Å². The van der Waals surface area contributed by atoms with Gasteiger partial charge in [-0.3, -0.25) is 0 Å². The van der Waals surface area contributed by atoms with Crippen LogP contribution in [-0.4, -0.2) is 35.4 Å². The summed E-state index contributed by atoms with van der Waals surface area (Å²) >= 11 is 0. The first-order chi connectivity index (χ1) is 9.67. The molecule has 0 bridgehead atoms. The molecule has 0 fully saturated rings. The van der Waals surface area contributed by atoms with Gasteiger partial charge in [-0.05, 0) is 18.9 Å². The maximum absolute atomic E-state index is 12.7. The molecular formula is C13H15F3N2O3. The van der Waals surface area contributed by atoms with Gasteiger partial charge in [0.25, 0.3) is 0 Å². The van der Waals surface area contributed by atoms with Crippen molar-refractivity contribution < 1.29 is 27.9 Å². The fraction of sp³-hybridized carbons (Fsp3) is 0.385. The maximum atomic E-state index is 12.7. The Morgan fingerprint density at radius 3 is 2.24 bits per heavy atom. The molecule has 1 aromatic rings. The van der Waals surface area contributed by atoms with Gasteiger partial charge >= 0.3 is 18.2 Å². The Hall–Kier alpha value is -2.25. The molecule has 0 aromatic heterocycles. The van der Waals surface area contributed by atoms with Gasteiger partial charge in [-0.1, -0.05) is 30.3 Å². The first-order valence-electron chi connectivity index (χ1n) is 6.07. The van der Waals surface area contributed by atoms with Crippen molar-refractivity contribution in [3.63, 3.8) is 0 Å². The maximum Gasteiger partial charge on any atom is 0.422 e. The van der Waals surface area contributed by atoms with Crippen molar-refractivity contribution in [3.8, 4) is 0 Å². The van der Waals surface area contributed by atoms with Gasteiger partial charge in [0, 0.05) is 6.54 Å². The topological polar surface area (TPSA) is 78.4 Å². The number of hydrogen-bond donors (Lipinski definition) is 3. The van der Waals surface area contributed by atoms with E-state index < -0.39 is 23.7 Å². The molecule has 0 saturated carbocycles. The standard InChI is InChI=1S/C13H15F3N2O3/c1-12(10(19)20,13(14,15)16)18-11(21)17-8-7-9-5-3-2-4-6-9/h2-6H,7-8H2,1H3,(H,19,20)(H2,17,18,21). The number of carboxylic acid groups (broad SMARTS) is 1. The zero-order chi connectivity index (χ0) is 16.1. The molecule has 3 N–H and O–H groups in total. The van der Waals surface area contributed by atoms with E-state index in [0.717, 1.165) is 5.56 Å². The van der Waals surface area contributed by atoms with Gasteiger partial charge in [-0.25, -0.2) is 9.59 Å². The van der Waals surface area contributed by atoms with E-state index in [1.165, 1.54) is 5.32 Å². The van der Waals surface area contributed by atoms with Crippen molar-refractivity contribution in [2.75, 3.05) is 6.54 Å². The van der Waals surface area contributed by atoms with Gasteiger partial charge in [0.1, 0.15) is 0 Å². The minimum atomic E-state index is -5.10. The van der Waals surface area contributed by atoms with E-state index in [9.17, 15) is 22.8 Å². The minimum absolute atomic E-state index is 0.0867. The lowest BCUT2D eigenvalue weighted by molar-refractivity contribution is -0.203. The number of hydrogen-bond acceptors (Lipinski definition) is 2. The third-order valence-corrected chi connectivity index (χ3v) is 2.90. The highest BCUT2D eigenvalue weighted by Gasteiger charge is 2.58. The Kier molecular flexibility index (Phi) is 5.17. The molecule has 0 radical (unpaired) electrons. The van der Waals surface area contributed by atoms with Crippen molar-refractivity contribution >= 4 is 12.0 Å². The molecule has 0 saturated heterocycles. The SMILES string of the molecule is CC(NC(=O)NCCc1ccccc1)(C(=O)O)C(F)(F)F. The Labute approximate surface area is 119 Å². The van der Waals surface area contributed by atoms with E-state index in [1.807, 2.05) is 6.07 Å². The van der Waals surface area contributed by atoms with Crippen molar-refractivity contribution in [1.29, 1.82) is 0 Å². The van der Waals surface area contributed by atoms with E-state index in [0.29, 0.717) is 13.3 Å². The van der Waals surface area contributed by atoms with Gasteiger partial charge < -0.3 is 15.7 Å². The number of amides is 2. The van der Waals surface area contributed by atoms with Crippen LogP contribution in [0.15, 0.2) is 30.3 Å². The average molecular weight is 304 g/mol. The lowest BCUT2D eigenvalue weighted by atomic mass is 10.0. The zero-order valence-electron chi connectivity index (χ0n) is 11.2. The van der Waals surface area contributed by atoms with Crippen LogP contribution < -0.4 is 10.6 Å². The number of benzene rings is 1. The summed E-state index contributed by atoms with van der Waals surface area (Å²) in [5.74, 6) is -2.17. The van der Waals surface area contributed by atoms with Crippen LogP contribution in [0.5, 0.6) is 0 Å². The minimum Gasteiger partial charge on any atom is -0.479 e. The van der Waals surface area contributed by atoms with E-state index >= 15 is 0 Å². The summed E-state index contributed by atoms with van der Waals surface area (Å²) in [6.45, 7) is 0.482. The van der Waals surface area contributed by atoms with Crippen LogP contribution in [0.3, 0.4) is 0 Å². The van der Waals surface area contributed by atoms with E-state index in [1.54, 1.807) is 24.3 Å². The quantitative estimate of drug-likeness (QED) is 0.778. The summed E-state index contributed by atoms with van der Waals surface area (Å²) in [5, 5.41) is 12.3. The number of carbonyl (C=O) groups is 2. The number of carboxylic acids is 1. The van der Waals surface area contributed by atoms with Crippen molar-refractivity contribution in [1.82, 2.24) is 10.6 Å². The second-order valence-electron chi connectivity index (χ2n) is 4.54. The molecule has 1 aromatic carbocycles. The van der Waals surface area contributed by atoms with Crippen LogP contribution in [0, 0.1) is 0 Å². The average Bonchev–Trinajstić information content (AvgIpc) is 2.38. The third-order valence-electron chi connectivity index (χ3n) is 2.90. The number of urea groups is 1. The molecule has 0 heterocycles. The normalized spacial score (nSPS) is 14.1. The Balaban J connectivity index is 2.54. The van der Waals surface area contributed by atoms with E-state index in [2.05, 4.69) is 5.32 Å². The summed E-state index contributed by atoms with van der Waals surface area (Å²) in [7, 11) is 0. The molecule has 21 heavy (non-hydrogen) atoms. The highest BCUT2D eigenvalue weighted by molar-refractivity contribution is 5.86. The zero-order valence-corrected chi connectivity index (χ0v) is 11.2. The van der Waals surface area contributed by atoms with Crippen LogP contribution >= 0.6 is 0 Å². The second kappa shape index (κ2) is 6.47. The van der Waals surface area contributed by atoms with Gasteiger partial charge in [0.05, 0.1) is 0 Å². The smallest absolute Gasteiger partial charge is 0.422 e. The van der Waals surface area contributed by atoms with Gasteiger partial charge in [0.15, 0.2) is 0 Å². The Bertz CT molecular complexity index is 505. The molecule has 116 valence electrons. The predicted octanol–water partition coefficient (Wildman–Crippen LogP) is 1.93. The molecule has 0 spiro atoms. The van der Waals surface area contributed by atoms with Crippen LogP contribution in [0.4, 0.5) is 18.0 Å². The lowest BCUT2D eigenvalue weighted by Crippen LogP contribution is -2.63. The molecule has 1 rings (SSSR count). The number of carbonyl (C=O) groups excluding carboxylic acids is 1. The second-order valence-corrected chi connectivity index (χ2v) is 4.54. The van der Waals surface area contributed by atoms with Gasteiger partial charge in [-0.15, -0.1) is 0 Å². The fourth-order valence-corrected chi connectivity index (χ4v) is 1.48. The highest BCUT2D eigenvalue weighted by Crippen LogP contribution is 2.30. The molecule has 0 aliphatic heterocycles. The van der Waals surface area contributed by atoms with Crippen molar-refractivity contribution in [2.24, 2.45) is 0 Å². The number of halogens is 3. The molecule has 0 aliphatic carbocycles. The van der Waals surface area contributed by atoms with Crippen LogP contribution in [0.25, 0.3) is 0 Å². The van der Waals surface area contributed by atoms with E-state index in [-0.39, 0.29) is 6.54 Å². The van der Waals surface area contributed by atoms with Crippen LogP contribution in [0.2, 0.25) is 0 Å². The molecular weight excluding hydrogens is 289 g/mol. The summed E-state index contributed by atoms with van der Waals surface area (Å²) in [6, 6.07) is 7.81. The van der Waals surface area contributed by atoms with Crippen molar-refractivity contribution in [2.45, 2.75) is 25.1 Å². The van der Waals surface area contributed by atoms with Crippen LogP contribution in [-0.2, 0) is 11.2 Å². The Morgan fingerprint density at radius 1 is 1.19 bits per heavy atom. The molecule has 5 nitrogen and oxygen atoms in total. The third kappa shape index (κ3) is 4.37. The highest BCUT2D eigenvalue weighted by atomic mass is 19.4. The first kappa shape index (κ1) is 16.8. The fourth-order valence-electron chi connectivity index (χ4n) is 1.48. The number of aliphatic carboxylic acids is 1. The Morgan fingerprint density at radius 2 is 1.76 bits per heavy atom. The number of nitrogens with one attached hydrogen (secondary N) is 2.